The number of ether oxygens (including phenoxy) is 2. The van der Waals surface area contributed by atoms with E-state index < -0.39 is 81.1 Å². The quantitative estimate of drug-likeness (QED) is 0.0704. The van der Waals surface area contributed by atoms with E-state index >= 15 is 0 Å². The fraction of sp³-hybridized carbons (Fsp3) is 0.581. The maximum absolute atomic E-state index is 15.0. The minimum absolute atomic E-state index is 0.292. The van der Waals surface area contributed by atoms with E-state index in [1.807, 2.05) is 6.92 Å². The van der Waals surface area contributed by atoms with E-state index in [1.54, 1.807) is 0 Å². The Morgan fingerprint density at radius 3 is 1.55 bits per heavy atom. The summed E-state index contributed by atoms with van der Waals surface area (Å²) in [6, 6.07) is 0. The van der Waals surface area contributed by atoms with Crippen molar-refractivity contribution >= 4 is 5.97 Å². The molecule has 0 amide bonds. The van der Waals surface area contributed by atoms with Gasteiger partial charge in [0.25, 0.3) is 0 Å². The zero-order valence-corrected chi connectivity index (χ0v) is 23.8. The molecule has 0 unspecified atom stereocenters. The fourth-order valence-corrected chi connectivity index (χ4v) is 5.31. The number of hydrogen-bond acceptors (Lipinski definition) is 3. The number of hydrogen-bond donors (Lipinski definition) is 0. The highest BCUT2D eigenvalue weighted by molar-refractivity contribution is 5.76. The van der Waals surface area contributed by atoms with Crippen LogP contribution in [-0.4, -0.2) is 12.6 Å². The third kappa shape index (κ3) is 7.56. The van der Waals surface area contributed by atoms with Crippen molar-refractivity contribution in [3.63, 3.8) is 0 Å². The molecule has 0 spiro atoms. The average molecular weight is 609 g/mol. The molecule has 2 aromatic rings. The Morgan fingerprint density at radius 1 is 0.595 bits per heavy atom. The van der Waals surface area contributed by atoms with Gasteiger partial charge in [0.05, 0.1) is 23.7 Å². The van der Waals surface area contributed by atoms with Crippen LogP contribution in [0.5, 0.6) is 11.5 Å². The summed E-state index contributed by atoms with van der Waals surface area (Å²) in [5.74, 6) is -22.9. The summed E-state index contributed by atoms with van der Waals surface area (Å²) in [5, 5.41) is 0. The lowest BCUT2D eigenvalue weighted by Crippen LogP contribution is -2.26. The van der Waals surface area contributed by atoms with Gasteiger partial charge in [-0.25, -0.2) is 17.6 Å². The average Bonchev–Trinajstić information content (AvgIpc) is 2.98. The number of benzene rings is 2. The molecule has 0 radical (unpaired) electrons. The van der Waals surface area contributed by atoms with E-state index in [-0.39, 0.29) is 6.61 Å². The lowest BCUT2D eigenvalue weighted by Gasteiger charge is -2.27. The summed E-state index contributed by atoms with van der Waals surface area (Å²) in [6.45, 7) is 3.64. The molecule has 0 heterocycles. The highest BCUT2D eigenvalue weighted by Gasteiger charge is 2.37. The molecule has 42 heavy (non-hydrogen) atoms. The number of rotatable bonds is 14. The van der Waals surface area contributed by atoms with E-state index in [0.717, 1.165) is 32.1 Å². The summed E-state index contributed by atoms with van der Waals surface area (Å²) in [7, 11) is 0. The van der Waals surface area contributed by atoms with Gasteiger partial charge in [0.1, 0.15) is 0 Å². The zero-order valence-electron chi connectivity index (χ0n) is 23.8. The SMILES string of the molecule is CCCCCCC[C@H]1CC[C@H](C(=O)Oc2c(F)c(F)c(-c3c(F)c(F)c(OCCCCC)c(F)c3F)c(F)c2F)CC1. The van der Waals surface area contributed by atoms with Crippen molar-refractivity contribution in [3.05, 3.63) is 46.5 Å². The van der Waals surface area contributed by atoms with Crippen molar-refractivity contribution < 1.29 is 49.4 Å². The van der Waals surface area contributed by atoms with Crippen LogP contribution in [0.3, 0.4) is 0 Å². The van der Waals surface area contributed by atoms with E-state index in [1.165, 1.54) is 6.42 Å². The highest BCUT2D eigenvalue weighted by Crippen LogP contribution is 2.42. The minimum atomic E-state index is -2.39. The first-order chi connectivity index (χ1) is 20.0. The Kier molecular flexibility index (Phi) is 12.5. The molecule has 1 aliphatic carbocycles. The van der Waals surface area contributed by atoms with E-state index in [0.29, 0.717) is 50.9 Å². The molecule has 1 fully saturated rings. The lowest BCUT2D eigenvalue weighted by molar-refractivity contribution is -0.140. The van der Waals surface area contributed by atoms with Gasteiger partial charge in [0, 0.05) is 0 Å². The van der Waals surface area contributed by atoms with Crippen molar-refractivity contribution in [3.8, 4) is 22.6 Å². The molecule has 0 bridgehead atoms. The number of unbranched alkanes of at least 4 members (excludes halogenated alkanes) is 6. The van der Waals surface area contributed by atoms with Gasteiger partial charge in [-0.2, -0.15) is 17.6 Å². The summed E-state index contributed by atoms with van der Waals surface area (Å²) < 4.78 is 128. The number of carbonyl (C=O) groups excluding carboxylic acids is 1. The van der Waals surface area contributed by atoms with Crippen LogP contribution in [0.2, 0.25) is 0 Å². The molecule has 0 aromatic heterocycles. The van der Waals surface area contributed by atoms with Crippen molar-refractivity contribution in [2.24, 2.45) is 11.8 Å². The first-order valence-corrected chi connectivity index (χ1v) is 14.6. The van der Waals surface area contributed by atoms with Crippen molar-refractivity contribution in [2.45, 2.75) is 97.3 Å². The molecular formula is C31H36F8O3. The molecular weight excluding hydrogens is 572 g/mol. The Balaban J connectivity index is 1.80. The molecule has 3 rings (SSSR count). The van der Waals surface area contributed by atoms with Crippen molar-refractivity contribution in [2.75, 3.05) is 6.61 Å². The summed E-state index contributed by atoms with van der Waals surface area (Å²) >= 11 is 0. The minimum Gasteiger partial charge on any atom is -0.487 e. The van der Waals surface area contributed by atoms with E-state index in [2.05, 4.69) is 6.92 Å². The monoisotopic (exact) mass is 608 g/mol. The number of esters is 1. The number of carbonyl (C=O) groups is 1. The molecule has 0 aliphatic heterocycles. The van der Waals surface area contributed by atoms with Gasteiger partial charge < -0.3 is 9.47 Å². The molecule has 3 nitrogen and oxygen atoms in total. The molecule has 11 heteroatoms. The van der Waals surface area contributed by atoms with Crippen LogP contribution in [0, 0.1) is 58.4 Å². The Bertz CT molecular complexity index is 1180. The molecule has 1 aliphatic rings. The molecule has 1 saturated carbocycles. The summed E-state index contributed by atoms with van der Waals surface area (Å²) in [5.41, 5.74) is -4.04. The maximum atomic E-state index is 15.0. The van der Waals surface area contributed by atoms with Crippen LogP contribution in [0.15, 0.2) is 0 Å². The van der Waals surface area contributed by atoms with E-state index in [4.69, 9.17) is 9.47 Å². The summed E-state index contributed by atoms with van der Waals surface area (Å²) in [4.78, 5) is 12.6. The second-order valence-corrected chi connectivity index (χ2v) is 10.8. The van der Waals surface area contributed by atoms with Crippen LogP contribution >= 0.6 is 0 Å². The molecule has 2 aromatic carbocycles. The van der Waals surface area contributed by atoms with Gasteiger partial charge in [-0.1, -0.05) is 65.2 Å². The second kappa shape index (κ2) is 15.6. The van der Waals surface area contributed by atoms with Gasteiger partial charge in [0.2, 0.25) is 29.0 Å². The van der Waals surface area contributed by atoms with Gasteiger partial charge in [-0.15, -0.1) is 0 Å². The summed E-state index contributed by atoms with van der Waals surface area (Å²) in [6.07, 6.45) is 10.3. The molecule has 0 N–H and O–H groups in total. The predicted octanol–water partition coefficient (Wildman–Crippen LogP) is 10.1. The largest absolute Gasteiger partial charge is 0.487 e. The Morgan fingerprint density at radius 2 is 1.05 bits per heavy atom. The Hall–Kier alpha value is -2.85. The number of halogens is 8. The van der Waals surface area contributed by atoms with Crippen LogP contribution in [0.25, 0.3) is 11.1 Å². The van der Waals surface area contributed by atoms with Crippen molar-refractivity contribution in [1.29, 1.82) is 0 Å². The second-order valence-electron chi connectivity index (χ2n) is 10.8. The van der Waals surface area contributed by atoms with Crippen LogP contribution in [-0.2, 0) is 4.79 Å². The maximum Gasteiger partial charge on any atom is 0.314 e. The highest BCUT2D eigenvalue weighted by atomic mass is 19.2. The van der Waals surface area contributed by atoms with Gasteiger partial charge in [0.15, 0.2) is 29.0 Å². The predicted molar refractivity (Wildman–Crippen MR) is 141 cm³/mol. The van der Waals surface area contributed by atoms with Gasteiger partial charge >= 0.3 is 5.97 Å². The van der Waals surface area contributed by atoms with Crippen LogP contribution in [0.1, 0.15) is 97.3 Å². The molecule has 0 saturated heterocycles. The molecule has 234 valence electrons. The topological polar surface area (TPSA) is 35.5 Å². The first kappa shape index (κ1) is 33.6. The van der Waals surface area contributed by atoms with E-state index in [9.17, 15) is 39.9 Å². The third-order valence-electron chi connectivity index (χ3n) is 7.79. The van der Waals surface area contributed by atoms with Crippen LogP contribution in [0.4, 0.5) is 35.1 Å². The normalized spacial score (nSPS) is 17.0. The smallest absolute Gasteiger partial charge is 0.314 e. The molecule has 0 atom stereocenters. The third-order valence-corrected chi connectivity index (χ3v) is 7.79. The standard InChI is InChI=1S/C31H36F8O3/c1-3-5-7-8-9-11-17-12-14-18(15-13-17)31(40)42-30-27(38)23(34)20(24(35)28(30)39)19-21(32)25(36)29(26(37)22(19)33)41-16-10-6-4-2/h17-18H,3-16H2,1-2H3/t17-,18-. The Labute approximate surface area is 240 Å². The van der Waals surface area contributed by atoms with Crippen molar-refractivity contribution in [1.82, 2.24) is 0 Å². The fourth-order valence-electron chi connectivity index (χ4n) is 5.31. The van der Waals surface area contributed by atoms with Gasteiger partial charge in [-0.3, -0.25) is 4.79 Å². The zero-order chi connectivity index (χ0) is 31.0. The first-order valence-electron chi connectivity index (χ1n) is 14.6. The lowest BCUT2D eigenvalue weighted by atomic mass is 9.80. The van der Waals surface area contributed by atoms with Gasteiger partial charge in [-0.05, 0) is 38.0 Å². The van der Waals surface area contributed by atoms with Crippen LogP contribution < -0.4 is 9.47 Å².